The molecule has 28 heavy (non-hydrogen) atoms. The molecule has 0 aliphatic carbocycles. The van der Waals surface area contributed by atoms with Crippen molar-refractivity contribution in [1.29, 1.82) is 0 Å². The molecule has 1 aromatic carbocycles. The van der Waals surface area contributed by atoms with Gasteiger partial charge in [-0.25, -0.2) is 0 Å². The number of nitrogens with two attached hydrogens (primary N) is 1. The van der Waals surface area contributed by atoms with Gasteiger partial charge in [-0.05, 0) is 37.3 Å². The summed E-state index contributed by atoms with van der Waals surface area (Å²) >= 11 is 0. The van der Waals surface area contributed by atoms with Gasteiger partial charge in [0.05, 0.1) is 24.5 Å². The average Bonchev–Trinajstić information content (AvgIpc) is 3.18. The lowest BCUT2D eigenvalue weighted by molar-refractivity contribution is -0.162. The normalized spacial score (nSPS) is 25.5. The summed E-state index contributed by atoms with van der Waals surface area (Å²) in [6.45, 7) is 4.89. The number of rotatable bonds is 8. The van der Waals surface area contributed by atoms with E-state index in [0.29, 0.717) is 12.3 Å². The highest BCUT2D eigenvalue weighted by atomic mass is 16.2. The second kappa shape index (κ2) is 8.73. The van der Waals surface area contributed by atoms with E-state index < -0.39 is 11.8 Å². The number of likely N-dealkylation sites (tertiary alicyclic amines) is 1. The van der Waals surface area contributed by atoms with Gasteiger partial charge in [0.1, 0.15) is 0 Å². The van der Waals surface area contributed by atoms with Crippen LogP contribution in [0, 0.1) is 11.8 Å². The third kappa shape index (κ3) is 4.35. The number of nitrogens with one attached hydrogen (secondary N) is 2. The van der Waals surface area contributed by atoms with Crippen LogP contribution in [0.3, 0.4) is 0 Å². The van der Waals surface area contributed by atoms with Crippen molar-refractivity contribution in [3.8, 4) is 0 Å². The summed E-state index contributed by atoms with van der Waals surface area (Å²) in [6, 6.07) is 8.90. The molecule has 152 valence electrons. The number of β-lactam (4-membered cyclic amide) rings is 1. The van der Waals surface area contributed by atoms with Crippen LogP contribution in [0.1, 0.15) is 44.7 Å². The van der Waals surface area contributed by atoms with Crippen molar-refractivity contribution >= 4 is 17.7 Å². The molecule has 2 heterocycles. The molecule has 0 aromatic heterocycles. The first kappa shape index (κ1) is 20.3. The van der Waals surface area contributed by atoms with Crippen LogP contribution >= 0.6 is 0 Å². The molecule has 7 nitrogen and oxygen atoms in total. The maximum Gasteiger partial charge on any atom is 0.237 e. The highest BCUT2D eigenvalue weighted by Gasteiger charge is 2.52. The lowest BCUT2D eigenvalue weighted by Crippen LogP contribution is -2.64. The second-order valence-corrected chi connectivity index (χ2v) is 8.21. The third-order valence-corrected chi connectivity index (χ3v) is 5.57. The van der Waals surface area contributed by atoms with Crippen molar-refractivity contribution in [1.82, 2.24) is 15.5 Å². The average molecular weight is 386 g/mol. The summed E-state index contributed by atoms with van der Waals surface area (Å²) in [7, 11) is 0. The van der Waals surface area contributed by atoms with Crippen LogP contribution in [0.2, 0.25) is 0 Å². The Morgan fingerprint density at radius 1 is 1.29 bits per heavy atom. The van der Waals surface area contributed by atoms with Crippen molar-refractivity contribution in [2.24, 2.45) is 17.6 Å². The maximum absolute atomic E-state index is 13.0. The zero-order chi connectivity index (χ0) is 20.3. The van der Waals surface area contributed by atoms with Crippen LogP contribution < -0.4 is 16.4 Å². The molecule has 4 N–H and O–H groups in total. The van der Waals surface area contributed by atoms with E-state index in [1.54, 1.807) is 0 Å². The molecule has 0 unspecified atom stereocenters. The molecule has 2 saturated heterocycles. The Kier molecular flexibility index (Phi) is 6.34. The lowest BCUT2D eigenvalue weighted by atomic mass is 9.75. The molecule has 2 aliphatic rings. The summed E-state index contributed by atoms with van der Waals surface area (Å²) in [4.78, 5) is 38.7. The molecule has 0 spiro atoms. The molecule has 1 aromatic rings. The summed E-state index contributed by atoms with van der Waals surface area (Å²) in [5, 5.41) is 6.34. The van der Waals surface area contributed by atoms with Gasteiger partial charge in [-0.15, -0.1) is 0 Å². The maximum atomic E-state index is 13.0. The molecule has 0 saturated carbocycles. The summed E-state index contributed by atoms with van der Waals surface area (Å²) < 4.78 is 0. The van der Waals surface area contributed by atoms with Gasteiger partial charge in [-0.1, -0.05) is 44.2 Å². The van der Waals surface area contributed by atoms with E-state index in [4.69, 9.17) is 5.73 Å². The first-order valence-electron chi connectivity index (χ1n) is 10.1. The molecular weight excluding hydrogens is 356 g/mol. The van der Waals surface area contributed by atoms with Gasteiger partial charge >= 0.3 is 0 Å². The van der Waals surface area contributed by atoms with Crippen LogP contribution in [-0.2, 0) is 14.4 Å². The standard InChI is InChI=1S/C21H30N4O3/c1-13(2)11-16(24-20(27)15-9-6-10-23-15)18-19(14-7-4-3-5-8-14)25(21(18)28)12-17(22)26/h3-5,7-8,13,15-16,18-19,23H,6,9-12H2,1-2H3,(H2,22,26)(H,24,27)/t15-,16-,18+,19+/m0/s1. The predicted molar refractivity (Wildman–Crippen MR) is 106 cm³/mol. The SMILES string of the molecule is CC(C)C[C@H](NC(=O)[C@@H]1CCCN1)[C@H]1C(=O)N(CC(N)=O)[C@@H]1c1ccccc1. The van der Waals surface area contributed by atoms with Crippen LogP contribution in [0.25, 0.3) is 0 Å². The number of hydrogen-bond acceptors (Lipinski definition) is 4. The van der Waals surface area contributed by atoms with Crippen molar-refractivity contribution in [2.75, 3.05) is 13.1 Å². The minimum atomic E-state index is -0.535. The predicted octanol–water partition coefficient (Wildman–Crippen LogP) is 0.954. The number of hydrogen-bond donors (Lipinski definition) is 3. The Hall–Kier alpha value is -2.41. The highest BCUT2D eigenvalue weighted by molar-refractivity contribution is 5.92. The fourth-order valence-corrected chi connectivity index (χ4v) is 4.34. The first-order valence-corrected chi connectivity index (χ1v) is 10.1. The Labute approximate surface area is 166 Å². The third-order valence-electron chi connectivity index (χ3n) is 5.57. The molecule has 2 aliphatic heterocycles. The number of carbonyl (C=O) groups excluding carboxylic acids is 3. The lowest BCUT2D eigenvalue weighted by Gasteiger charge is -2.50. The Bertz CT molecular complexity index is 716. The van der Waals surface area contributed by atoms with Crippen molar-refractivity contribution in [2.45, 2.75) is 51.2 Å². The number of carbonyl (C=O) groups is 3. The van der Waals surface area contributed by atoms with Gasteiger partial charge in [-0.3, -0.25) is 14.4 Å². The second-order valence-electron chi connectivity index (χ2n) is 8.21. The first-order chi connectivity index (χ1) is 13.4. The Morgan fingerprint density at radius 2 is 2.00 bits per heavy atom. The summed E-state index contributed by atoms with van der Waals surface area (Å²) in [6.07, 6.45) is 2.49. The number of nitrogens with zero attached hydrogens (tertiary/aromatic N) is 1. The van der Waals surface area contributed by atoms with E-state index in [1.807, 2.05) is 30.3 Å². The molecule has 3 amide bonds. The van der Waals surface area contributed by atoms with Gasteiger partial charge in [0.25, 0.3) is 0 Å². The molecule has 3 rings (SSSR count). The smallest absolute Gasteiger partial charge is 0.237 e. The minimum Gasteiger partial charge on any atom is -0.368 e. The van der Waals surface area contributed by atoms with E-state index in [0.717, 1.165) is 24.9 Å². The minimum absolute atomic E-state index is 0.0453. The zero-order valence-electron chi connectivity index (χ0n) is 16.6. The topological polar surface area (TPSA) is 105 Å². The van der Waals surface area contributed by atoms with E-state index in [-0.39, 0.29) is 36.5 Å². The number of primary amides is 1. The molecule has 2 fully saturated rings. The van der Waals surface area contributed by atoms with Gasteiger partial charge in [0, 0.05) is 6.04 Å². The molecule has 4 atom stereocenters. The monoisotopic (exact) mass is 386 g/mol. The highest BCUT2D eigenvalue weighted by Crippen LogP contribution is 2.43. The molecule has 0 radical (unpaired) electrons. The summed E-state index contributed by atoms with van der Waals surface area (Å²) in [5.74, 6) is -0.785. The van der Waals surface area contributed by atoms with Crippen LogP contribution in [0.4, 0.5) is 0 Å². The molecular formula is C21H30N4O3. The van der Waals surface area contributed by atoms with Crippen LogP contribution in [-0.4, -0.2) is 47.8 Å². The van der Waals surface area contributed by atoms with Gasteiger partial charge in [0.2, 0.25) is 17.7 Å². The largest absolute Gasteiger partial charge is 0.368 e. The van der Waals surface area contributed by atoms with Crippen molar-refractivity contribution in [3.05, 3.63) is 35.9 Å². The zero-order valence-corrected chi connectivity index (χ0v) is 16.6. The van der Waals surface area contributed by atoms with E-state index in [1.165, 1.54) is 4.90 Å². The Balaban J connectivity index is 1.84. The van der Waals surface area contributed by atoms with Crippen molar-refractivity contribution < 1.29 is 14.4 Å². The Morgan fingerprint density at radius 3 is 2.57 bits per heavy atom. The number of amides is 3. The van der Waals surface area contributed by atoms with Gasteiger partial charge in [-0.2, -0.15) is 0 Å². The summed E-state index contributed by atoms with van der Waals surface area (Å²) in [5.41, 5.74) is 6.31. The fraction of sp³-hybridized carbons (Fsp3) is 0.571. The van der Waals surface area contributed by atoms with Crippen LogP contribution in [0.5, 0.6) is 0 Å². The van der Waals surface area contributed by atoms with Crippen LogP contribution in [0.15, 0.2) is 30.3 Å². The van der Waals surface area contributed by atoms with E-state index >= 15 is 0 Å². The fourth-order valence-electron chi connectivity index (χ4n) is 4.34. The van der Waals surface area contributed by atoms with Gasteiger partial charge in [0.15, 0.2) is 0 Å². The number of benzene rings is 1. The van der Waals surface area contributed by atoms with Gasteiger partial charge < -0.3 is 21.3 Å². The van der Waals surface area contributed by atoms with E-state index in [2.05, 4.69) is 24.5 Å². The molecule has 0 bridgehead atoms. The molecule has 7 heteroatoms. The quantitative estimate of drug-likeness (QED) is 0.579. The van der Waals surface area contributed by atoms with E-state index in [9.17, 15) is 14.4 Å². The van der Waals surface area contributed by atoms with Crippen molar-refractivity contribution in [3.63, 3.8) is 0 Å².